The Kier molecular flexibility index (Phi) is 3.83. The monoisotopic (exact) mass is 326 g/mol. The van der Waals surface area contributed by atoms with E-state index in [1.807, 2.05) is 17.0 Å². The fraction of sp³-hybridized carbons (Fsp3) is 0.316. The van der Waals surface area contributed by atoms with E-state index in [2.05, 4.69) is 29.2 Å². The van der Waals surface area contributed by atoms with Crippen LogP contribution in [0.2, 0.25) is 5.02 Å². The second-order valence-corrected chi connectivity index (χ2v) is 6.70. The van der Waals surface area contributed by atoms with Gasteiger partial charge in [0.05, 0.1) is 6.04 Å². The minimum atomic E-state index is 0.101. The summed E-state index contributed by atoms with van der Waals surface area (Å²) in [5, 5.41) is 0.660. The molecule has 3 nitrogen and oxygen atoms in total. The molecule has 1 saturated heterocycles. The molecule has 0 N–H and O–H groups in total. The minimum Gasteiger partial charge on any atom is -0.335 e. The quantitative estimate of drug-likeness (QED) is 0.802. The third kappa shape index (κ3) is 2.75. The zero-order valence-corrected chi connectivity index (χ0v) is 13.7. The van der Waals surface area contributed by atoms with Gasteiger partial charge in [-0.1, -0.05) is 35.9 Å². The Morgan fingerprint density at radius 1 is 1.00 bits per heavy atom. The molecule has 0 bridgehead atoms. The maximum atomic E-state index is 12.8. The molecule has 0 saturated carbocycles. The number of carbonyl (C=O) groups excluding carboxylic acids is 1. The van der Waals surface area contributed by atoms with Gasteiger partial charge in [0.2, 0.25) is 0 Å². The summed E-state index contributed by atoms with van der Waals surface area (Å²) >= 11 is 5.92. The summed E-state index contributed by atoms with van der Waals surface area (Å²) in [4.78, 5) is 17.2. The van der Waals surface area contributed by atoms with E-state index in [1.165, 1.54) is 11.1 Å². The van der Waals surface area contributed by atoms with Crippen molar-refractivity contribution in [2.24, 2.45) is 0 Å². The van der Waals surface area contributed by atoms with Crippen molar-refractivity contribution < 1.29 is 4.79 Å². The van der Waals surface area contributed by atoms with Crippen molar-refractivity contribution in [1.82, 2.24) is 9.80 Å². The molecule has 2 aromatic carbocycles. The number of rotatable bonds is 1. The van der Waals surface area contributed by atoms with Gasteiger partial charge in [0.1, 0.15) is 0 Å². The van der Waals surface area contributed by atoms with Crippen LogP contribution in [0, 0.1) is 0 Å². The average molecular weight is 327 g/mol. The first-order chi connectivity index (χ1) is 11.2. The summed E-state index contributed by atoms with van der Waals surface area (Å²) in [6.07, 6.45) is 1.11. The van der Waals surface area contributed by atoms with Crippen molar-refractivity contribution in [2.75, 3.05) is 26.2 Å². The highest BCUT2D eigenvalue weighted by Crippen LogP contribution is 2.32. The van der Waals surface area contributed by atoms with E-state index in [4.69, 9.17) is 11.6 Å². The summed E-state index contributed by atoms with van der Waals surface area (Å²) in [7, 11) is 0. The van der Waals surface area contributed by atoms with Crippen molar-refractivity contribution in [2.45, 2.75) is 12.5 Å². The molecule has 0 aliphatic carbocycles. The molecule has 0 radical (unpaired) electrons. The molecule has 2 heterocycles. The second kappa shape index (κ2) is 5.99. The lowest BCUT2D eigenvalue weighted by Gasteiger charge is -2.44. The summed E-state index contributed by atoms with van der Waals surface area (Å²) < 4.78 is 0. The molecule has 1 fully saturated rings. The van der Waals surface area contributed by atoms with Crippen molar-refractivity contribution in [3.63, 3.8) is 0 Å². The molecular formula is C19H19ClN2O. The molecule has 118 valence electrons. The van der Waals surface area contributed by atoms with Crippen LogP contribution in [0.1, 0.15) is 27.5 Å². The van der Waals surface area contributed by atoms with Gasteiger partial charge in [0, 0.05) is 36.8 Å². The number of piperazine rings is 1. The Morgan fingerprint density at radius 2 is 1.78 bits per heavy atom. The number of hydrogen-bond donors (Lipinski definition) is 0. The minimum absolute atomic E-state index is 0.101. The average Bonchev–Trinajstić information content (AvgIpc) is 2.61. The summed E-state index contributed by atoms with van der Waals surface area (Å²) in [5.41, 5.74) is 3.52. The fourth-order valence-electron chi connectivity index (χ4n) is 3.69. The fourth-order valence-corrected chi connectivity index (χ4v) is 3.82. The Hall–Kier alpha value is -1.84. The van der Waals surface area contributed by atoms with Crippen LogP contribution in [0.3, 0.4) is 0 Å². The van der Waals surface area contributed by atoms with E-state index >= 15 is 0 Å². The Labute approximate surface area is 141 Å². The van der Waals surface area contributed by atoms with Crippen LogP contribution < -0.4 is 0 Å². The molecule has 1 atom stereocenters. The molecule has 1 amide bonds. The van der Waals surface area contributed by atoms with Gasteiger partial charge in [0.15, 0.2) is 0 Å². The predicted octanol–water partition coefficient (Wildman–Crippen LogP) is 3.40. The highest BCUT2D eigenvalue weighted by molar-refractivity contribution is 6.30. The SMILES string of the molecule is O=C(c1ccc(Cl)cc1)N1CCN2CCc3ccccc3C2C1. The summed E-state index contributed by atoms with van der Waals surface area (Å²) in [5.74, 6) is 0.101. The zero-order chi connectivity index (χ0) is 15.8. The lowest BCUT2D eigenvalue weighted by Crippen LogP contribution is -2.52. The number of amides is 1. The van der Waals surface area contributed by atoms with E-state index in [1.54, 1.807) is 12.1 Å². The first-order valence-electron chi connectivity index (χ1n) is 8.09. The Morgan fingerprint density at radius 3 is 2.61 bits per heavy atom. The predicted molar refractivity (Wildman–Crippen MR) is 91.8 cm³/mol. The molecule has 23 heavy (non-hydrogen) atoms. The van der Waals surface area contributed by atoms with Crippen LogP contribution in [0.25, 0.3) is 0 Å². The van der Waals surface area contributed by atoms with Gasteiger partial charge in [-0.15, -0.1) is 0 Å². The lowest BCUT2D eigenvalue weighted by atomic mass is 9.91. The highest BCUT2D eigenvalue weighted by Gasteiger charge is 2.34. The van der Waals surface area contributed by atoms with E-state index in [-0.39, 0.29) is 5.91 Å². The van der Waals surface area contributed by atoms with Crippen LogP contribution >= 0.6 is 11.6 Å². The van der Waals surface area contributed by atoms with E-state index < -0.39 is 0 Å². The standard InChI is InChI=1S/C19H19ClN2O/c20-16-7-5-15(6-8-16)19(23)22-12-11-21-10-9-14-3-1-2-4-17(14)18(21)13-22/h1-8,18H,9-13H2. The number of carbonyl (C=O) groups is 1. The highest BCUT2D eigenvalue weighted by atomic mass is 35.5. The first kappa shape index (κ1) is 14.7. The van der Waals surface area contributed by atoms with Crippen LogP contribution in [0.5, 0.6) is 0 Å². The van der Waals surface area contributed by atoms with Crippen LogP contribution in [0.4, 0.5) is 0 Å². The molecular weight excluding hydrogens is 308 g/mol. The first-order valence-corrected chi connectivity index (χ1v) is 8.47. The van der Waals surface area contributed by atoms with Gasteiger partial charge >= 0.3 is 0 Å². The third-order valence-corrected chi connectivity index (χ3v) is 5.20. The number of halogens is 1. The molecule has 2 aliphatic rings. The smallest absolute Gasteiger partial charge is 0.253 e. The van der Waals surface area contributed by atoms with Gasteiger partial charge in [-0.2, -0.15) is 0 Å². The summed E-state index contributed by atoms with van der Waals surface area (Å²) in [6.45, 7) is 3.58. The molecule has 4 rings (SSSR count). The topological polar surface area (TPSA) is 23.6 Å². The molecule has 0 spiro atoms. The van der Waals surface area contributed by atoms with E-state index in [9.17, 15) is 4.79 Å². The van der Waals surface area contributed by atoms with Crippen molar-refractivity contribution in [1.29, 1.82) is 0 Å². The van der Waals surface area contributed by atoms with Gasteiger partial charge in [0.25, 0.3) is 5.91 Å². The van der Waals surface area contributed by atoms with Crippen molar-refractivity contribution >= 4 is 17.5 Å². The maximum absolute atomic E-state index is 12.8. The van der Waals surface area contributed by atoms with Crippen molar-refractivity contribution in [3.8, 4) is 0 Å². The normalized spacial score (nSPS) is 20.7. The Balaban J connectivity index is 1.58. The Bertz CT molecular complexity index is 728. The number of fused-ring (bicyclic) bond motifs is 3. The number of benzene rings is 2. The van der Waals surface area contributed by atoms with E-state index in [0.717, 1.165) is 32.6 Å². The zero-order valence-electron chi connectivity index (χ0n) is 12.9. The second-order valence-electron chi connectivity index (χ2n) is 6.26. The largest absolute Gasteiger partial charge is 0.335 e. The van der Waals surface area contributed by atoms with Crippen molar-refractivity contribution in [3.05, 3.63) is 70.2 Å². The van der Waals surface area contributed by atoms with Gasteiger partial charge in [-0.25, -0.2) is 0 Å². The number of hydrogen-bond acceptors (Lipinski definition) is 2. The molecule has 2 aromatic rings. The molecule has 1 unspecified atom stereocenters. The lowest BCUT2D eigenvalue weighted by molar-refractivity contribution is 0.0453. The van der Waals surface area contributed by atoms with Crippen LogP contribution in [-0.4, -0.2) is 41.9 Å². The maximum Gasteiger partial charge on any atom is 0.253 e. The van der Waals surface area contributed by atoms with E-state index in [0.29, 0.717) is 16.6 Å². The molecule has 0 aromatic heterocycles. The third-order valence-electron chi connectivity index (χ3n) is 4.95. The van der Waals surface area contributed by atoms with Gasteiger partial charge in [-0.05, 0) is 41.8 Å². The van der Waals surface area contributed by atoms with Gasteiger partial charge in [-0.3, -0.25) is 9.69 Å². The van der Waals surface area contributed by atoms with Crippen LogP contribution in [-0.2, 0) is 6.42 Å². The number of nitrogens with zero attached hydrogens (tertiary/aromatic N) is 2. The van der Waals surface area contributed by atoms with Crippen LogP contribution in [0.15, 0.2) is 48.5 Å². The van der Waals surface area contributed by atoms with Gasteiger partial charge < -0.3 is 4.90 Å². The molecule has 2 aliphatic heterocycles. The molecule has 4 heteroatoms. The summed E-state index contributed by atoms with van der Waals surface area (Å²) in [6, 6.07) is 16.1.